The molecule has 29 heavy (non-hydrogen) atoms. The van der Waals surface area contributed by atoms with Gasteiger partial charge in [0.05, 0.1) is 29.1 Å². The highest BCUT2D eigenvalue weighted by Crippen LogP contribution is 2.19. The summed E-state index contributed by atoms with van der Waals surface area (Å²) in [6.07, 6.45) is 2.74. The maximum atomic E-state index is 12.9. The standard InChI is InChI=1S/C17H23N3O8S/c1-3-4-6-19(13-5-7-29(26,27)11-13)15(21)10-18-9-12(17(23)28-2)8-14(16(18)22)20(24)25/h8-9,13H,3-7,10-11H2,1-2H3. The Hall–Kier alpha value is -2.76. The maximum Gasteiger partial charge on any atom is 0.339 e. The molecule has 2 heterocycles. The summed E-state index contributed by atoms with van der Waals surface area (Å²) in [7, 11) is -2.15. The van der Waals surface area contributed by atoms with Crippen molar-refractivity contribution in [2.45, 2.75) is 38.8 Å². The van der Waals surface area contributed by atoms with Crippen molar-refractivity contribution in [3.63, 3.8) is 0 Å². The van der Waals surface area contributed by atoms with Crippen LogP contribution >= 0.6 is 0 Å². The number of ether oxygens (including phenoxy) is 1. The molecule has 11 nitrogen and oxygen atoms in total. The summed E-state index contributed by atoms with van der Waals surface area (Å²) in [6, 6.07) is 0.293. The molecule has 1 atom stereocenters. The van der Waals surface area contributed by atoms with Gasteiger partial charge in [0, 0.05) is 24.8 Å². The first kappa shape index (κ1) is 22.5. The molecule has 1 aromatic heterocycles. The predicted molar refractivity (Wildman–Crippen MR) is 102 cm³/mol. The van der Waals surface area contributed by atoms with E-state index in [1.165, 1.54) is 4.90 Å². The molecule has 0 bridgehead atoms. The number of nitro groups is 1. The van der Waals surface area contributed by atoms with Crippen molar-refractivity contribution in [1.29, 1.82) is 0 Å². The van der Waals surface area contributed by atoms with E-state index in [9.17, 15) is 32.9 Å². The van der Waals surface area contributed by atoms with Crippen LogP contribution in [0.5, 0.6) is 0 Å². The van der Waals surface area contributed by atoms with Crippen molar-refractivity contribution in [2.75, 3.05) is 25.2 Å². The summed E-state index contributed by atoms with van der Waals surface area (Å²) in [4.78, 5) is 48.7. The Labute approximate surface area is 167 Å². The summed E-state index contributed by atoms with van der Waals surface area (Å²) in [5.74, 6) is -1.60. The Bertz CT molecular complexity index is 969. The van der Waals surface area contributed by atoms with Gasteiger partial charge in [0.2, 0.25) is 5.91 Å². The van der Waals surface area contributed by atoms with Gasteiger partial charge in [0.25, 0.3) is 0 Å². The molecule has 1 fully saturated rings. The highest BCUT2D eigenvalue weighted by atomic mass is 32.2. The first-order valence-electron chi connectivity index (χ1n) is 9.06. The highest BCUT2D eigenvalue weighted by Gasteiger charge is 2.34. The summed E-state index contributed by atoms with van der Waals surface area (Å²) < 4.78 is 28.9. The molecule has 160 valence electrons. The number of unbranched alkanes of at least 4 members (excludes halogenated alkanes) is 1. The van der Waals surface area contributed by atoms with E-state index in [0.717, 1.165) is 30.4 Å². The molecule has 0 aromatic carbocycles. The van der Waals surface area contributed by atoms with E-state index in [0.29, 0.717) is 19.4 Å². The molecular weight excluding hydrogens is 406 g/mol. The zero-order valence-electron chi connectivity index (χ0n) is 16.2. The molecular formula is C17H23N3O8S. The minimum absolute atomic E-state index is 0.0170. The monoisotopic (exact) mass is 429 g/mol. The van der Waals surface area contributed by atoms with Gasteiger partial charge in [0.15, 0.2) is 9.84 Å². The summed E-state index contributed by atoms with van der Waals surface area (Å²) in [5, 5.41) is 11.2. The van der Waals surface area contributed by atoms with Crippen molar-refractivity contribution < 1.29 is 27.7 Å². The number of hydrogen-bond donors (Lipinski definition) is 0. The highest BCUT2D eigenvalue weighted by molar-refractivity contribution is 7.91. The Morgan fingerprint density at radius 1 is 1.41 bits per heavy atom. The lowest BCUT2D eigenvalue weighted by atomic mass is 10.2. The lowest BCUT2D eigenvalue weighted by Crippen LogP contribution is -2.44. The second-order valence-electron chi connectivity index (χ2n) is 6.79. The zero-order chi connectivity index (χ0) is 21.8. The van der Waals surface area contributed by atoms with Crippen molar-refractivity contribution in [1.82, 2.24) is 9.47 Å². The molecule has 1 unspecified atom stereocenters. The summed E-state index contributed by atoms with van der Waals surface area (Å²) >= 11 is 0. The first-order valence-corrected chi connectivity index (χ1v) is 10.9. The third kappa shape index (κ3) is 5.40. The number of carbonyl (C=O) groups is 2. The summed E-state index contributed by atoms with van der Waals surface area (Å²) in [5.41, 5.74) is -2.13. The fourth-order valence-corrected chi connectivity index (χ4v) is 4.93. The lowest BCUT2D eigenvalue weighted by molar-refractivity contribution is -0.386. The van der Waals surface area contributed by atoms with Crippen LogP contribution in [-0.2, 0) is 25.9 Å². The number of nitrogens with zero attached hydrogens (tertiary/aromatic N) is 3. The summed E-state index contributed by atoms with van der Waals surface area (Å²) in [6.45, 7) is 1.68. The number of esters is 1. The minimum Gasteiger partial charge on any atom is -0.465 e. The van der Waals surface area contributed by atoms with Crippen molar-refractivity contribution >= 4 is 27.4 Å². The molecule has 0 spiro atoms. The molecule has 1 aromatic rings. The molecule has 1 amide bonds. The topological polar surface area (TPSA) is 146 Å². The van der Waals surface area contributed by atoms with E-state index < -0.39 is 50.5 Å². The number of pyridine rings is 1. The molecule has 0 radical (unpaired) electrons. The molecule has 0 aliphatic carbocycles. The normalized spacial score (nSPS) is 17.7. The number of sulfone groups is 1. The third-order valence-electron chi connectivity index (χ3n) is 4.71. The number of methoxy groups -OCH3 is 1. The van der Waals surface area contributed by atoms with Crippen LogP contribution in [0.4, 0.5) is 5.69 Å². The van der Waals surface area contributed by atoms with Crippen LogP contribution in [0, 0.1) is 10.1 Å². The van der Waals surface area contributed by atoms with Gasteiger partial charge in [-0.1, -0.05) is 13.3 Å². The van der Waals surface area contributed by atoms with Crippen LogP contribution < -0.4 is 5.56 Å². The second-order valence-corrected chi connectivity index (χ2v) is 9.02. The average molecular weight is 429 g/mol. The van der Waals surface area contributed by atoms with Gasteiger partial charge in [-0.15, -0.1) is 0 Å². The molecule has 1 aliphatic heterocycles. The number of amides is 1. The third-order valence-corrected chi connectivity index (χ3v) is 6.46. The van der Waals surface area contributed by atoms with Crippen LogP contribution in [0.15, 0.2) is 17.1 Å². The quantitative estimate of drug-likeness (QED) is 0.327. The van der Waals surface area contributed by atoms with E-state index in [4.69, 9.17) is 0 Å². The molecule has 0 saturated carbocycles. The van der Waals surface area contributed by atoms with Crippen LogP contribution in [0.1, 0.15) is 36.5 Å². The molecule has 1 saturated heterocycles. The largest absolute Gasteiger partial charge is 0.465 e. The second kappa shape index (κ2) is 9.16. The Balaban J connectivity index is 2.37. The van der Waals surface area contributed by atoms with Gasteiger partial charge < -0.3 is 9.64 Å². The van der Waals surface area contributed by atoms with E-state index in [-0.39, 0.29) is 17.1 Å². The number of rotatable bonds is 8. The van der Waals surface area contributed by atoms with E-state index in [2.05, 4.69) is 4.74 Å². The van der Waals surface area contributed by atoms with Crippen molar-refractivity contribution in [3.05, 3.63) is 38.3 Å². The average Bonchev–Trinajstić information content (AvgIpc) is 3.02. The molecule has 0 N–H and O–H groups in total. The fraction of sp³-hybridized carbons (Fsp3) is 0.588. The Kier molecular flexibility index (Phi) is 7.11. The van der Waals surface area contributed by atoms with E-state index in [1.807, 2.05) is 6.92 Å². The van der Waals surface area contributed by atoms with Gasteiger partial charge in [0.1, 0.15) is 6.54 Å². The van der Waals surface area contributed by atoms with Gasteiger partial charge >= 0.3 is 17.2 Å². The van der Waals surface area contributed by atoms with E-state index >= 15 is 0 Å². The lowest BCUT2D eigenvalue weighted by Gasteiger charge is -2.28. The smallest absolute Gasteiger partial charge is 0.339 e. The molecule has 1 aliphatic rings. The Morgan fingerprint density at radius 2 is 2.10 bits per heavy atom. The van der Waals surface area contributed by atoms with Crippen LogP contribution in [0.2, 0.25) is 0 Å². The zero-order valence-corrected chi connectivity index (χ0v) is 17.0. The van der Waals surface area contributed by atoms with Crippen molar-refractivity contribution in [3.8, 4) is 0 Å². The predicted octanol–water partition coefficient (Wildman–Crippen LogP) is 0.359. The number of aromatic nitrogens is 1. The van der Waals surface area contributed by atoms with Crippen LogP contribution in [0.3, 0.4) is 0 Å². The van der Waals surface area contributed by atoms with Crippen LogP contribution in [-0.4, -0.2) is 65.9 Å². The van der Waals surface area contributed by atoms with Gasteiger partial charge in [-0.05, 0) is 12.8 Å². The SMILES string of the molecule is CCCCN(C(=O)Cn1cc(C(=O)OC)cc([N+](=O)[O-])c1=O)C1CCS(=O)(=O)C1. The maximum absolute atomic E-state index is 12.9. The number of carbonyl (C=O) groups excluding carboxylic acids is 2. The first-order chi connectivity index (χ1) is 13.6. The van der Waals surface area contributed by atoms with Gasteiger partial charge in [-0.25, -0.2) is 13.2 Å². The van der Waals surface area contributed by atoms with E-state index in [1.54, 1.807) is 0 Å². The van der Waals surface area contributed by atoms with Gasteiger partial charge in [-0.3, -0.25) is 24.3 Å². The molecule has 2 rings (SSSR count). The van der Waals surface area contributed by atoms with Crippen LogP contribution in [0.25, 0.3) is 0 Å². The molecule has 12 heteroatoms. The number of hydrogen-bond acceptors (Lipinski definition) is 8. The Morgan fingerprint density at radius 3 is 2.62 bits per heavy atom. The van der Waals surface area contributed by atoms with Crippen molar-refractivity contribution in [2.24, 2.45) is 0 Å². The fourth-order valence-electron chi connectivity index (χ4n) is 3.19. The minimum atomic E-state index is -3.23. The van der Waals surface area contributed by atoms with Gasteiger partial charge in [-0.2, -0.15) is 0 Å².